The lowest BCUT2D eigenvalue weighted by Crippen LogP contribution is -2.30. The lowest BCUT2D eigenvalue weighted by Gasteiger charge is -2.27. The molecular formula is C11H16ClN3O. The molecule has 1 fully saturated rings. The van der Waals surface area contributed by atoms with E-state index in [2.05, 4.69) is 14.9 Å². The largest absolute Gasteiger partial charge is 0.381 e. The summed E-state index contributed by atoms with van der Waals surface area (Å²) in [5.74, 6) is 1.57. The Balaban J connectivity index is 1.94. The van der Waals surface area contributed by atoms with Crippen LogP contribution in [-0.2, 0) is 4.74 Å². The van der Waals surface area contributed by atoms with E-state index in [0.29, 0.717) is 11.2 Å². The van der Waals surface area contributed by atoms with Gasteiger partial charge in [0.25, 0.3) is 0 Å². The van der Waals surface area contributed by atoms with E-state index in [0.717, 1.165) is 38.4 Å². The smallest absolute Gasteiger partial charge is 0.224 e. The van der Waals surface area contributed by atoms with E-state index >= 15 is 0 Å². The fourth-order valence-corrected chi connectivity index (χ4v) is 2.09. The van der Waals surface area contributed by atoms with E-state index in [1.54, 1.807) is 6.20 Å². The zero-order valence-electron chi connectivity index (χ0n) is 9.40. The van der Waals surface area contributed by atoms with Gasteiger partial charge in [-0.05, 0) is 36.4 Å². The summed E-state index contributed by atoms with van der Waals surface area (Å²) in [6, 6.07) is 1.88. The van der Waals surface area contributed by atoms with Crippen LogP contribution in [0, 0.1) is 5.92 Å². The summed E-state index contributed by atoms with van der Waals surface area (Å²) < 4.78 is 5.34. The molecule has 5 heteroatoms. The first kappa shape index (κ1) is 11.6. The van der Waals surface area contributed by atoms with Gasteiger partial charge in [0.2, 0.25) is 5.28 Å². The summed E-state index contributed by atoms with van der Waals surface area (Å²) in [5.41, 5.74) is 0. The van der Waals surface area contributed by atoms with Gasteiger partial charge in [-0.2, -0.15) is 0 Å². The Labute approximate surface area is 101 Å². The van der Waals surface area contributed by atoms with Crippen molar-refractivity contribution in [3.8, 4) is 0 Å². The lowest BCUT2D eigenvalue weighted by atomic mass is 10.00. The molecule has 88 valence electrons. The molecule has 0 aliphatic carbocycles. The SMILES string of the molecule is CN(CC1CCOCC1)c1ccnc(Cl)n1. The van der Waals surface area contributed by atoms with Crippen molar-refractivity contribution >= 4 is 17.4 Å². The fourth-order valence-electron chi connectivity index (χ4n) is 1.95. The van der Waals surface area contributed by atoms with Gasteiger partial charge in [-0.1, -0.05) is 0 Å². The molecule has 1 aliphatic heterocycles. The minimum absolute atomic E-state index is 0.302. The maximum absolute atomic E-state index is 5.76. The van der Waals surface area contributed by atoms with Gasteiger partial charge in [-0.25, -0.2) is 9.97 Å². The molecule has 0 aromatic carbocycles. The highest BCUT2D eigenvalue weighted by atomic mass is 35.5. The maximum Gasteiger partial charge on any atom is 0.224 e. The normalized spacial score (nSPS) is 17.4. The molecule has 1 aromatic heterocycles. The van der Waals surface area contributed by atoms with E-state index < -0.39 is 0 Å². The second-order valence-corrected chi connectivity index (χ2v) is 4.46. The number of hydrogen-bond donors (Lipinski definition) is 0. The molecule has 2 heterocycles. The number of aromatic nitrogens is 2. The lowest BCUT2D eigenvalue weighted by molar-refractivity contribution is 0.0685. The highest BCUT2D eigenvalue weighted by Gasteiger charge is 2.16. The van der Waals surface area contributed by atoms with Crippen molar-refractivity contribution < 1.29 is 4.74 Å². The molecule has 0 unspecified atom stereocenters. The van der Waals surface area contributed by atoms with Gasteiger partial charge in [0.1, 0.15) is 5.82 Å². The number of hydrogen-bond acceptors (Lipinski definition) is 4. The minimum atomic E-state index is 0.302. The van der Waals surface area contributed by atoms with Crippen molar-refractivity contribution in [1.29, 1.82) is 0 Å². The first-order valence-electron chi connectivity index (χ1n) is 5.53. The zero-order chi connectivity index (χ0) is 11.4. The third-order valence-corrected chi connectivity index (χ3v) is 3.06. The molecule has 0 saturated carbocycles. The molecule has 0 amide bonds. The van der Waals surface area contributed by atoms with Crippen molar-refractivity contribution in [1.82, 2.24) is 9.97 Å². The number of ether oxygens (including phenoxy) is 1. The standard InChI is InChI=1S/C11H16ClN3O/c1-15(8-9-3-6-16-7-4-9)10-2-5-13-11(12)14-10/h2,5,9H,3-4,6-8H2,1H3. The molecule has 0 bridgehead atoms. The Morgan fingerprint density at radius 2 is 2.25 bits per heavy atom. The third kappa shape index (κ3) is 3.06. The Hall–Kier alpha value is -0.870. The third-order valence-electron chi connectivity index (χ3n) is 2.88. The monoisotopic (exact) mass is 241 g/mol. The van der Waals surface area contributed by atoms with Gasteiger partial charge < -0.3 is 9.64 Å². The van der Waals surface area contributed by atoms with Crippen LogP contribution in [0.15, 0.2) is 12.3 Å². The van der Waals surface area contributed by atoms with Gasteiger partial charge in [0.05, 0.1) is 0 Å². The van der Waals surface area contributed by atoms with Crippen LogP contribution in [0.3, 0.4) is 0 Å². The van der Waals surface area contributed by atoms with E-state index in [1.807, 2.05) is 13.1 Å². The Morgan fingerprint density at radius 1 is 1.50 bits per heavy atom. The summed E-state index contributed by atoms with van der Waals surface area (Å²) in [6.45, 7) is 2.75. The van der Waals surface area contributed by atoms with Crippen molar-refractivity contribution in [2.45, 2.75) is 12.8 Å². The van der Waals surface area contributed by atoms with Crippen LogP contribution in [0.1, 0.15) is 12.8 Å². The van der Waals surface area contributed by atoms with E-state index in [4.69, 9.17) is 16.3 Å². The van der Waals surface area contributed by atoms with E-state index in [9.17, 15) is 0 Å². The van der Waals surface area contributed by atoms with Crippen LogP contribution >= 0.6 is 11.6 Å². The van der Waals surface area contributed by atoms with Crippen LogP contribution < -0.4 is 4.90 Å². The molecule has 2 rings (SSSR count). The quantitative estimate of drug-likeness (QED) is 0.759. The van der Waals surface area contributed by atoms with Crippen LogP contribution in [0.4, 0.5) is 5.82 Å². The molecule has 0 radical (unpaired) electrons. The van der Waals surface area contributed by atoms with Crippen LogP contribution in [0.25, 0.3) is 0 Å². The second kappa shape index (κ2) is 5.46. The molecule has 1 aromatic rings. The molecule has 0 N–H and O–H groups in total. The second-order valence-electron chi connectivity index (χ2n) is 4.12. The van der Waals surface area contributed by atoms with Crippen LogP contribution in [0.5, 0.6) is 0 Å². The number of rotatable bonds is 3. The van der Waals surface area contributed by atoms with Gasteiger partial charge in [0, 0.05) is 33.0 Å². The first-order chi connectivity index (χ1) is 7.75. The van der Waals surface area contributed by atoms with Crippen molar-refractivity contribution in [2.75, 3.05) is 31.7 Å². The van der Waals surface area contributed by atoms with E-state index in [-0.39, 0.29) is 0 Å². The Morgan fingerprint density at radius 3 is 2.94 bits per heavy atom. The summed E-state index contributed by atoms with van der Waals surface area (Å²) in [6.07, 6.45) is 3.94. The predicted molar refractivity (Wildman–Crippen MR) is 63.9 cm³/mol. The summed E-state index contributed by atoms with van der Waals surface area (Å²) >= 11 is 5.76. The number of halogens is 1. The molecule has 0 spiro atoms. The summed E-state index contributed by atoms with van der Waals surface area (Å²) in [4.78, 5) is 10.2. The highest BCUT2D eigenvalue weighted by molar-refractivity contribution is 6.28. The molecule has 16 heavy (non-hydrogen) atoms. The fraction of sp³-hybridized carbons (Fsp3) is 0.636. The topological polar surface area (TPSA) is 38.2 Å². The molecule has 4 nitrogen and oxygen atoms in total. The average molecular weight is 242 g/mol. The predicted octanol–water partition coefficient (Wildman–Crippen LogP) is 1.99. The Bertz CT molecular complexity index is 342. The van der Waals surface area contributed by atoms with E-state index in [1.165, 1.54) is 0 Å². The van der Waals surface area contributed by atoms with Gasteiger partial charge in [0.15, 0.2) is 0 Å². The van der Waals surface area contributed by atoms with Gasteiger partial charge >= 0.3 is 0 Å². The highest BCUT2D eigenvalue weighted by Crippen LogP contribution is 2.18. The van der Waals surface area contributed by atoms with Crippen molar-refractivity contribution in [3.63, 3.8) is 0 Å². The van der Waals surface area contributed by atoms with Gasteiger partial charge in [-0.15, -0.1) is 0 Å². The Kier molecular flexibility index (Phi) is 3.96. The number of nitrogens with zero attached hydrogens (tertiary/aromatic N) is 3. The zero-order valence-corrected chi connectivity index (χ0v) is 10.2. The molecule has 0 atom stereocenters. The minimum Gasteiger partial charge on any atom is -0.381 e. The average Bonchev–Trinajstić information content (AvgIpc) is 2.30. The van der Waals surface area contributed by atoms with Gasteiger partial charge in [-0.3, -0.25) is 0 Å². The maximum atomic E-state index is 5.76. The first-order valence-corrected chi connectivity index (χ1v) is 5.91. The van der Waals surface area contributed by atoms with Crippen molar-refractivity contribution in [3.05, 3.63) is 17.5 Å². The molecule has 1 saturated heterocycles. The van der Waals surface area contributed by atoms with Crippen molar-refractivity contribution in [2.24, 2.45) is 5.92 Å². The summed E-state index contributed by atoms with van der Waals surface area (Å²) in [5, 5.41) is 0.302. The molecule has 1 aliphatic rings. The van der Waals surface area contributed by atoms with Crippen LogP contribution in [0.2, 0.25) is 5.28 Å². The summed E-state index contributed by atoms with van der Waals surface area (Å²) in [7, 11) is 2.04. The molecular weight excluding hydrogens is 226 g/mol. The number of anilines is 1. The van der Waals surface area contributed by atoms with Crippen LogP contribution in [-0.4, -0.2) is 36.8 Å².